The minimum Gasteiger partial charge on any atom is -0.386 e. The van der Waals surface area contributed by atoms with Crippen molar-refractivity contribution in [1.82, 2.24) is 0 Å². The van der Waals surface area contributed by atoms with Gasteiger partial charge in [-0.05, 0) is 72.3 Å². The summed E-state index contributed by atoms with van der Waals surface area (Å²) in [7, 11) is 0. The van der Waals surface area contributed by atoms with E-state index in [1.165, 1.54) is 22.3 Å². The predicted molar refractivity (Wildman–Crippen MR) is 99.9 cm³/mol. The summed E-state index contributed by atoms with van der Waals surface area (Å²) in [5.74, 6) is 12.6. The van der Waals surface area contributed by atoms with Gasteiger partial charge in [-0.15, -0.1) is 23.7 Å². The molecule has 1 heteroatoms. The van der Waals surface area contributed by atoms with E-state index < -0.39 is 5.60 Å². The fourth-order valence-electron chi connectivity index (χ4n) is 3.09. The van der Waals surface area contributed by atoms with Crippen LogP contribution >= 0.6 is 0 Å². The smallest absolute Gasteiger partial charge is 0.0834 e. The maximum atomic E-state index is 10.3. The average Bonchev–Trinajstić information content (AvgIpc) is 2.76. The molecule has 0 amide bonds. The fourth-order valence-corrected chi connectivity index (χ4v) is 3.09. The van der Waals surface area contributed by atoms with E-state index in [0.29, 0.717) is 0 Å². The third-order valence-electron chi connectivity index (χ3n) is 4.93. The van der Waals surface area contributed by atoms with Crippen molar-refractivity contribution in [1.29, 1.82) is 0 Å². The van der Waals surface area contributed by atoms with Gasteiger partial charge in [-0.2, -0.15) is 0 Å². The normalized spacial score (nSPS) is 21.3. The Hall–Kier alpha value is -1.44. The van der Waals surface area contributed by atoms with E-state index in [4.69, 9.17) is 0 Å². The minimum absolute atomic E-state index is 0.594. The molecule has 1 aliphatic carbocycles. The summed E-state index contributed by atoms with van der Waals surface area (Å²) in [5, 5.41) is 10.3. The molecule has 0 heterocycles. The van der Waals surface area contributed by atoms with Gasteiger partial charge in [0, 0.05) is 19.3 Å². The highest BCUT2D eigenvalue weighted by molar-refractivity contribution is 5.28. The number of rotatable bonds is 6. The topological polar surface area (TPSA) is 20.2 Å². The van der Waals surface area contributed by atoms with E-state index in [1.807, 2.05) is 13.8 Å². The first-order valence-corrected chi connectivity index (χ1v) is 8.80. The van der Waals surface area contributed by atoms with E-state index >= 15 is 0 Å². The Morgan fingerprint density at radius 2 is 1.61 bits per heavy atom. The largest absolute Gasteiger partial charge is 0.386 e. The van der Waals surface area contributed by atoms with Crippen molar-refractivity contribution in [3.8, 4) is 23.7 Å². The van der Waals surface area contributed by atoms with E-state index in [0.717, 1.165) is 51.4 Å². The Kier molecular flexibility index (Phi) is 8.22. The lowest BCUT2D eigenvalue weighted by Gasteiger charge is -2.20. The van der Waals surface area contributed by atoms with Crippen molar-refractivity contribution in [3.05, 3.63) is 22.3 Å². The first-order valence-electron chi connectivity index (χ1n) is 8.80. The Morgan fingerprint density at radius 1 is 1.04 bits per heavy atom. The van der Waals surface area contributed by atoms with Crippen molar-refractivity contribution in [2.75, 3.05) is 0 Å². The molecule has 23 heavy (non-hydrogen) atoms. The zero-order valence-electron chi connectivity index (χ0n) is 15.6. The summed E-state index contributed by atoms with van der Waals surface area (Å²) < 4.78 is 0. The highest BCUT2D eigenvalue weighted by Gasteiger charge is 2.31. The SMILES string of the molecule is CC#CCC/C(C)=C(\C)CCC#CCCC1=C(C)CCC1(C)O. The van der Waals surface area contributed by atoms with Gasteiger partial charge in [0.15, 0.2) is 0 Å². The van der Waals surface area contributed by atoms with Crippen LogP contribution in [-0.2, 0) is 0 Å². The Balaban J connectivity index is 2.34. The van der Waals surface area contributed by atoms with Crippen LogP contribution in [0, 0.1) is 23.7 Å². The molecule has 0 saturated carbocycles. The van der Waals surface area contributed by atoms with Crippen molar-refractivity contribution in [3.63, 3.8) is 0 Å². The van der Waals surface area contributed by atoms with Gasteiger partial charge in [-0.1, -0.05) is 16.7 Å². The molecular weight excluding hydrogens is 280 g/mol. The summed E-state index contributed by atoms with van der Waals surface area (Å²) in [4.78, 5) is 0. The monoisotopic (exact) mass is 312 g/mol. The molecule has 0 aliphatic heterocycles. The third kappa shape index (κ3) is 6.68. The predicted octanol–water partition coefficient (Wildman–Crippen LogP) is 5.55. The molecule has 126 valence electrons. The molecule has 1 rings (SSSR count). The van der Waals surface area contributed by atoms with E-state index in [9.17, 15) is 5.11 Å². The quantitative estimate of drug-likeness (QED) is 0.503. The molecule has 1 N–H and O–H groups in total. The molecular formula is C22H32O. The van der Waals surface area contributed by atoms with E-state index in [-0.39, 0.29) is 0 Å². The number of hydrogen-bond acceptors (Lipinski definition) is 1. The summed E-state index contributed by atoms with van der Waals surface area (Å²) in [5.41, 5.74) is 4.90. The maximum Gasteiger partial charge on any atom is 0.0834 e. The minimum atomic E-state index is -0.594. The molecule has 0 aromatic rings. The van der Waals surface area contributed by atoms with Crippen LogP contribution in [-0.4, -0.2) is 10.7 Å². The fraction of sp³-hybridized carbons (Fsp3) is 0.636. The van der Waals surface area contributed by atoms with E-state index in [1.54, 1.807) is 0 Å². The molecule has 0 bridgehead atoms. The van der Waals surface area contributed by atoms with Gasteiger partial charge in [-0.25, -0.2) is 0 Å². The second kappa shape index (κ2) is 9.64. The van der Waals surface area contributed by atoms with Crippen LogP contribution < -0.4 is 0 Å². The lowest BCUT2D eigenvalue weighted by molar-refractivity contribution is 0.0966. The van der Waals surface area contributed by atoms with Gasteiger partial charge < -0.3 is 5.11 Å². The number of allylic oxidation sites excluding steroid dienone is 3. The highest BCUT2D eigenvalue weighted by Crippen LogP contribution is 2.37. The zero-order chi connectivity index (χ0) is 17.3. The van der Waals surface area contributed by atoms with Crippen LogP contribution in [0.5, 0.6) is 0 Å². The molecule has 0 aromatic carbocycles. The molecule has 0 saturated heterocycles. The summed E-state index contributed by atoms with van der Waals surface area (Å²) >= 11 is 0. The standard InChI is InChI=1S/C22H32O/c1-6-7-10-13-18(2)19(3)14-11-8-9-12-15-21-20(4)16-17-22(21,5)23/h23H,10-17H2,1-5H3/b19-18+. The Labute approximate surface area is 143 Å². The van der Waals surface area contributed by atoms with Crippen LogP contribution in [0.2, 0.25) is 0 Å². The van der Waals surface area contributed by atoms with Gasteiger partial charge in [0.2, 0.25) is 0 Å². The van der Waals surface area contributed by atoms with E-state index in [2.05, 4.69) is 44.5 Å². The second-order valence-corrected chi connectivity index (χ2v) is 6.87. The lowest BCUT2D eigenvalue weighted by atomic mass is 9.94. The van der Waals surface area contributed by atoms with Crippen LogP contribution in [0.1, 0.15) is 86.0 Å². The molecule has 0 fully saturated rings. The molecule has 1 atom stereocenters. The Morgan fingerprint density at radius 3 is 2.13 bits per heavy atom. The van der Waals surface area contributed by atoms with Crippen LogP contribution in [0.4, 0.5) is 0 Å². The summed E-state index contributed by atoms with van der Waals surface area (Å²) in [6.07, 6.45) is 7.68. The maximum absolute atomic E-state index is 10.3. The van der Waals surface area contributed by atoms with Crippen molar-refractivity contribution < 1.29 is 5.11 Å². The highest BCUT2D eigenvalue weighted by atomic mass is 16.3. The summed E-state index contributed by atoms with van der Waals surface area (Å²) in [6, 6.07) is 0. The van der Waals surface area contributed by atoms with Gasteiger partial charge in [0.25, 0.3) is 0 Å². The average molecular weight is 312 g/mol. The molecule has 1 aliphatic rings. The molecule has 1 nitrogen and oxygen atoms in total. The second-order valence-electron chi connectivity index (χ2n) is 6.87. The first kappa shape index (κ1) is 19.6. The Bertz CT molecular complexity index is 579. The van der Waals surface area contributed by atoms with Crippen LogP contribution in [0.15, 0.2) is 22.3 Å². The van der Waals surface area contributed by atoms with Crippen molar-refractivity contribution >= 4 is 0 Å². The molecule has 0 radical (unpaired) electrons. The van der Waals surface area contributed by atoms with Crippen molar-refractivity contribution in [2.24, 2.45) is 0 Å². The first-order chi connectivity index (χ1) is 10.9. The molecule has 1 unspecified atom stereocenters. The van der Waals surface area contributed by atoms with Gasteiger partial charge in [-0.3, -0.25) is 0 Å². The molecule has 0 spiro atoms. The van der Waals surface area contributed by atoms with Gasteiger partial charge in [0.1, 0.15) is 0 Å². The van der Waals surface area contributed by atoms with Crippen LogP contribution in [0.3, 0.4) is 0 Å². The van der Waals surface area contributed by atoms with Gasteiger partial charge >= 0.3 is 0 Å². The van der Waals surface area contributed by atoms with Crippen molar-refractivity contribution in [2.45, 2.75) is 91.6 Å². The summed E-state index contributed by atoms with van der Waals surface area (Å²) in [6.45, 7) is 10.4. The third-order valence-corrected chi connectivity index (χ3v) is 4.93. The number of hydrogen-bond donors (Lipinski definition) is 1. The zero-order valence-corrected chi connectivity index (χ0v) is 15.6. The molecule has 0 aromatic heterocycles. The number of aliphatic hydroxyl groups is 1. The van der Waals surface area contributed by atoms with Crippen LogP contribution in [0.25, 0.3) is 0 Å². The van der Waals surface area contributed by atoms with Gasteiger partial charge in [0.05, 0.1) is 5.60 Å². The lowest BCUT2D eigenvalue weighted by Crippen LogP contribution is -2.22.